The molecule has 0 radical (unpaired) electrons. The Bertz CT molecular complexity index is 4010. The number of ether oxygens (including phenoxy) is 14. The number of aryl methyl sites for hydroxylation is 1. The van der Waals surface area contributed by atoms with Gasteiger partial charge in [0, 0.05) is 30.2 Å². The zero-order valence-electron chi connectivity index (χ0n) is 57.5. The Balaban J connectivity index is 0.000000295. The van der Waals surface area contributed by atoms with Crippen molar-refractivity contribution in [1.29, 1.82) is 0 Å². The van der Waals surface area contributed by atoms with Gasteiger partial charge < -0.3 is 66.3 Å². The lowest BCUT2D eigenvalue weighted by molar-refractivity contribution is -0.146. The molecule has 7 aromatic carbocycles. The normalized spacial score (nSPS) is 10.8. The lowest BCUT2D eigenvalue weighted by Crippen LogP contribution is -2.15. The number of hydrogen-bond acceptors (Lipinski definition) is 24. The first kappa shape index (κ1) is 78.7. The summed E-state index contributed by atoms with van der Waals surface area (Å²) >= 11 is 0. The maximum atomic E-state index is 13.0. The minimum atomic E-state index is -1.13. The molecule has 24 heteroatoms. The average Bonchev–Trinajstić information content (AvgIpc) is 1.61. The first-order chi connectivity index (χ1) is 50.3. The maximum Gasteiger partial charge on any atom is 0.516 e. The van der Waals surface area contributed by atoms with Crippen molar-refractivity contribution in [2.24, 2.45) is 0 Å². The highest BCUT2D eigenvalue weighted by Crippen LogP contribution is 2.47. The molecular weight excluding hydrogens is 1340 g/mol. The Kier molecular flexibility index (Phi) is 31.7. The minimum Gasteiger partial charge on any atom is -0.494 e. The summed E-state index contributed by atoms with van der Waals surface area (Å²) in [5.74, 6) is -1.63. The van der Waals surface area contributed by atoms with Gasteiger partial charge >= 0.3 is 60.1 Å². The summed E-state index contributed by atoms with van der Waals surface area (Å²) < 4.78 is 72.8. The Morgan fingerprint density at radius 2 is 0.625 bits per heavy atom. The number of hydrogen-bond donors (Lipinski definition) is 0. The summed E-state index contributed by atoms with van der Waals surface area (Å²) in [7, 11) is 0. The van der Waals surface area contributed by atoms with E-state index in [4.69, 9.17) is 56.8 Å². The largest absolute Gasteiger partial charge is 0.516 e. The Hall–Kier alpha value is -12.6. The van der Waals surface area contributed by atoms with Crippen molar-refractivity contribution in [2.45, 2.75) is 84.0 Å². The van der Waals surface area contributed by atoms with Gasteiger partial charge in [-0.15, -0.1) is 0 Å². The van der Waals surface area contributed by atoms with E-state index in [0.29, 0.717) is 79.0 Å². The molecule has 0 amide bonds. The number of carbonyl (C=O) groups excluding carboxylic acids is 10. The van der Waals surface area contributed by atoms with E-state index in [9.17, 15) is 47.9 Å². The van der Waals surface area contributed by atoms with Crippen molar-refractivity contribution in [2.75, 3.05) is 46.4 Å². The predicted octanol–water partition coefficient (Wildman–Crippen LogP) is 15.3. The summed E-state index contributed by atoms with van der Waals surface area (Å²) in [6.45, 7) is 18.4. The first-order valence-electron chi connectivity index (χ1n) is 33.1. The fraction of sp³-hybridized carbons (Fsp3) is 0.250. The van der Waals surface area contributed by atoms with Crippen LogP contribution in [0, 0.1) is 6.92 Å². The van der Waals surface area contributed by atoms with Crippen molar-refractivity contribution in [3.63, 3.8) is 0 Å². The molecule has 0 atom stereocenters. The van der Waals surface area contributed by atoms with E-state index in [2.05, 4.69) is 42.7 Å². The second-order valence-corrected chi connectivity index (χ2v) is 22.6. The number of unbranched alkanes of at least 4 members (excludes halogenated alkanes) is 7. The fourth-order valence-corrected chi connectivity index (χ4v) is 9.73. The number of esters is 8. The Morgan fingerprint density at radius 3 is 1.01 bits per heavy atom. The van der Waals surface area contributed by atoms with E-state index in [-0.39, 0.29) is 53.3 Å². The summed E-state index contributed by atoms with van der Waals surface area (Å²) in [5.41, 5.74) is 5.73. The van der Waals surface area contributed by atoms with Crippen LogP contribution in [-0.4, -0.2) is 106 Å². The number of fused-ring (bicyclic) bond motifs is 3. The van der Waals surface area contributed by atoms with Crippen molar-refractivity contribution >= 4 is 60.1 Å². The van der Waals surface area contributed by atoms with Crippen LogP contribution in [0.25, 0.3) is 11.1 Å². The fourth-order valence-electron chi connectivity index (χ4n) is 9.73. The molecule has 1 aliphatic carbocycles. The molecule has 0 saturated heterocycles. The molecule has 7 aromatic rings. The van der Waals surface area contributed by atoms with Gasteiger partial charge in [0.1, 0.15) is 46.0 Å². The van der Waals surface area contributed by atoms with Gasteiger partial charge in [-0.05, 0) is 238 Å². The Morgan fingerprint density at radius 1 is 0.317 bits per heavy atom. The van der Waals surface area contributed by atoms with Gasteiger partial charge in [0.05, 0.1) is 61.9 Å². The highest BCUT2D eigenvalue weighted by Gasteiger charge is 2.28. The molecular formula is C80H78O24. The molecule has 8 rings (SSSR count). The molecule has 0 aromatic heterocycles. The van der Waals surface area contributed by atoms with Gasteiger partial charge in [-0.1, -0.05) is 45.4 Å². The zero-order valence-corrected chi connectivity index (χ0v) is 57.5. The summed E-state index contributed by atoms with van der Waals surface area (Å²) in [4.78, 5) is 119. The molecule has 542 valence electrons. The number of carbonyl (C=O) groups is 10. The van der Waals surface area contributed by atoms with Crippen molar-refractivity contribution < 1.29 is 114 Å². The van der Waals surface area contributed by atoms with Crippen LogP contribution in [0.2, 0.25) is 0 Å². The quantitative estimate of drug-likeness (QED) is 0.00664. The highest BCUT2D eigenvalue weighted by atomic mass is 16.8. The standard InChI is InChI=1S/C46H48O10.C34H30O14/c1-4-43(47)53-28-12-8-6-10-26-51-35-18-14-33(15-19-35)45(49)55-37-22-24-39-40-25-23-38(31-42(40)32(3)41(39)30-37)56-46(50)34-16-20-36(21-17-34)52-27-11-7-9-13-29-54-44(48)5-2;1-4-29(35)41-18-6-7-19-42-33(39)46-25-12-8-23(9-13-25)31(37)45-27-16-17-28(22(3)20-27)48-32(38)24-10-14-26(15-11-24)47-34(40)44-21-43-30(36)5-2/h4-5,14-25,30-32H,1-2,6-13,26-29H2,3H3;4-5,8-17,20H,1-2,6-7,18-19,21H2,3H3. The van der Waals surface area contributed by atoms with Gasteiger partial charge in [-0.2, -0.15) is 0 Å². The third-order valence-corrected chi connectivity index (χ3v) is 15.2. The molecule has 0 unspecified atom stereocenters. The van der Waals surface area contributed by atoms with Crippen LogP contribution < -0.4 is 37.9 Å². The second kappa shape index (κ2) is 41.8. The molecule has 0 saturated carbocycles. The van der Waals surface area contributed by atoms with E-state index in [1.165, 1.54) is 66.7 Å². The lowest BCUT2D eigenvalue weighted by atomic mass is 9.99. The minimum absolute atomic E-state index is 0.0187. The van der Waals surface area contributed by atoms with Gasteiger partial charge in [-0.25, -0.2) is 47.9 Å². The van der Waals surface area contributed by atoms with Crippen LogP contribution in [0.15, 0.2) is 202 Å². The monoisotopic (exact) mass is 1420 g/mol. The molecule has 104 heavy (non-hydrogen) atoms. The van der Waals surface area contributed by atoms with Crippen molar-refractivity contribution in [1.82, 2.24) is 0 Å². The topological polar surface area (TPSA) is 300 Å². The van der Waals surface area contributed by atoms with Crippen LogP contribution in [0.3, 0.4) is 0 Å². The van der Waals surface area contributed by atoms with Gasteiger partial charge in [0.15, 0.2) is 0 Å². The molecule has 24 nitrogen and oxygen atoms in total. The number of rotatable bonds is 37. The first-order valence-corrected chi connectivity index (χ1v) is 33.1. The van der Waals surface area contributed by atoms with E-state index in [1.807, 2.05) is 24.3 Å². The molecule has 0 bridgehead atoms. The van der Waals surface area contributed by atoms with Crippen molar-refractivity contribution in [3.8, 4) is 57.1 Å². The summed E-state index contributed by atoms with van der Waals surface area (Å²) in [5, 5.41) is 0. The SMILES string of the molecule is C=CC(=O)OCCCCCCOc1ccc(C(=O)Oc2ccc3c(c2)C(C)c2cc(OC(=O)c4ccc(OCCCCCCOC(=O)C=C)cc4)ccc2-3)cc1.C=CC(=O)OCCCCOC(=O)Oc1ccc(C(=O)Oc2ccc(OC(=O)c3ccc(OC(=O)OCOC(=O)C=C)cc3)c(C)c2)cc1. The summed E-state index contributed by atoms with van der Waals surface area (Å²) in [6.07, 6.45) is 10.2. The Labute approximate surface area is 600 Å². The van der Waals surface area contributed by atoms with Gasteiger partial charge in [-0.3, -0.25) is 0 Å². The molecule has 0 spiro atoms. The zero-order chi connectivity index (χ0) is 74.6. The van der Waals surface area contributed by atoms with E-state index >= 15 is 0 Å². The number of benzene rings is 7. The lowest BCUT2D eigenvalue weighted by Gasteiger charge is -2.11. The smallest absolute Gasteiger partial charge is 0.494 e. The van der Waals surface area contributed by atoms with Crippen LogP contribution >= 0.6 is 0 Å². The van der Waals surface area contributed by atoms with Crippen LogP contribution in [-0.2, 0) is 47.6 Å². The van der Waals surface area contributed by atoms with Gasteiger partial charge in [0.2, 0.25) is 6.79 Å². The maximum absolute atomic E-state index is 13.0. The van der Waals surface area contributed by atoms with Crippen molar-refractivity contribution in [3.05, 3.63) is 241 Å². The van der Waals surface area contributed by atoms with E-state index in [1.54, 1.807) is 67.6 Å². The van der Waals surface area contributed by atoms with E-state index in [0.717, 1.165) is 97.9 Å². The third kappa shape index (κ3) is 26.2. The van der Waals surface area contributed by atoms with Gasteiger partial charge in [0.25, 0.3) is 0 Å². The third-order valence-electron chi connectivity index (χ3n) is 15.2. The highest BCUT2D eigenvalue weighted by molar-refractivity contribution is 5.94. The molecule has 0 N–H and O–H groups in total. The van der Waals surface area contributed by atoms with Crippen LogP contribution in [0.5, 0.6) is 46.0 Å². The predicted molar refractivity (Wildman–Crippen MR) is 377 cm³/mol. The summed E-state index contributed by atoms with van der Waals surface area (Å²) in [6, 6.07) is 40.4. The van der Waals surface area contributed by atoms with Crippen LogP contribution in [0.1, 0.15) is 135 Å². The van der Waals surface area contributed by atoms with Crippen LogP contribution in [0.4, 0.5) is 9.59 Å². The average molecular weight is 1420 g/mol. The molecule has 0 aliphatic heterocycles. The molecule has 0 fully saturated rings. The van der Waals surface area contributed by atoms with E-state index < -0.39 is 66.9 Å². The molecule has 0 heterocycles. The second-order valence-electron chi connectivity index (χ2n) is 22.6. The molecule has 1 aliphatic rings.